The van der Waals surface area contributed by atoms with E-state index in [9.17, 15) is 0 Å². The second-order valence-electron chi connectivity index (χ2n) is 3.67. The van der Waals surface area contributed by atoms with E-state index in [-0.39, 0.29) is 6.10 Å². The number of ether oxygens (including phenoxy) is 2. The Bertz CT molecular complexity index is 143. The van der Waals surface area contributed by atoms with Crippen LogP contribution in [0.1, 0.15) is 6.42 Å². The van der Waals surface area contributed by atoms with E-state index in [2.05, 4.69) is 10.6 Å². The predicted octanol–water partition coefficient (Wildman–Crippen LogP) is -0.647. The molecule has 2 N–H and O–H groups in total. The van der Waals surface area contributed by atoms with E-state index in [1.165, 1.54) is 6.42 Å². The summed E-state index contributed by atoms with van der Waals surface area (Å²) < 4.78 is 10.8. The third-order valence-corrected chi connectivity index (χ3v) is 2.58. The molecule has 13 heavy (non-hydrogen) atoms. The second-order valence-corrected chi connectivity index (χ2v) is 3.67. The van der Waals surface area contributed by atoms with Gasteiger partial charge in [-0.15, -0.1) is 0 Å². The third kappa shape index (κ3) is 2.91. The van der Waals surface area contributed by atoms with Crippen LogP contribution in [-0.4, -0.2) is 51.6 Å². The molecule has 2 heterocycles. The first kappa shape index (κ1) is 9.40. The molecule has 76 valence electrons. The molecular weight excluding hydrogens is 168 g/mol. The first-order valence-electron chi connectivity index (χ1n) is 5.08. The van der Waals surface area contributed by atoms with Crippen molar-refractivity contribution in [1.82, 2.24) is 10.6 Å². The van der Waals surface area contributed by atoms with Crippen LogP contribution in [0.15, 0.2) is 0 Å². The molecule has 4 heteroatoms. The standard InChI is InChI=1S/C9H18N2O2/c1-2-10-5-8(1)11-6-9-7-12-3-4-13-9/h8-11H,1-7H2. The number of hydrogen-bond acceptors (Lipinski definition) is 4. The van der Waals surface area contributed by atoms with Crippen LogP contribution in [0.5, 0.6) is 0 Å². The maximum Gasteiger partial charge on any atom is 0.0933 e. The normalized spacial score (nSPS) is 35.1. The van der Waals surface area contributed by atoms with E-state index in [0.717, 1.165) is 39.5 Å². The van der Waals surface area contributed by atoms with Crippen molar-refractivity contribution in [2.45, 2.75) is 18.6 Å². The van der Waals surface area contributed by atoms with Gasteiger partial charge in [0.05, 0.1) is 25.9 Å². The third-order valence-electron chi connectivity index (χ3n) is 2.58. The van der Waals surface area contributed by atoms with Crippen molar-refractivity contribution < 1.29 is 9.47 Å². The molecule has 0 radical (unpaired) electrons. The molecule has 0 aromatic heterocycles. The summed E-state index contributed by atoms with van der Waals surface area (Å²) in [6, 6.07) is 0.630. The fourth-order valence-corrected chi connectivity index (χ4v) is 1.78. The summed E-state index contributed by atoms with van der Waals surface area (Å²) in [5.74, 6) is 0. The quantitative estimate of drug-likeness (QED) is 0.615. The van der Waals surface area contributed by atoms with Gasteiger partial charge in [0, 0.05) is 19.1 Å². The van der Waals surface area contributed by atoms with Crippen LogP contribution in [0.3, 0.4) is 0 Å². The fraction of sp³-hybridized carbons (Fsp3) is 1.00. The summed E-state index contributed by atoms with van der Waals surface area (Å²) in [4.78, 5) is 0. The molecule has 0 bridgehead atoms. The minimum Gasteiger partial charge on any atom is -0.376 e. The summed E-state index contributed by atoms with van der Waals surface area (Å²) >= 11 is 0. The number of nitrogens with one attached hydrogen (secondary N) is 2. The summed E-state index contributed by atoms with van der Waals surface area (Å²) in [5, 5.41) is 6.81. The molecule has 0 saturated carbocycles. The van der Waals surface area contributed by atoms with Gasteiger partial charge in [0.2, 0.25) is 0 Å². The van der Waals surface area contributed by atoms with Crippen molar-refractivity contribution >= 4 is 0 Å². The van der Waals surface area contributed by atoms with E-state index in [1.54, 1.807) is 0 Å². The van der Waals surface area contributed by atoms with Gasteiger partial charge in [0.1, 0.15) is 0 Å². The van der Waals surface area contributed by atoms with Crippen molar-refractivity contribution in [1.29, 1.82) is 0 Å². The Labute approximate surface area is 79.0 Å². The average molecular weight is 186 g/mol. The molecule has 0 aromatic rings. The Morgan fingerprint density at radius 1 is 1.38 bits per heavy atom. The zero-order valence-electron chi connectivity index (χ0n) is 7.92. The smallest absolute Gasteiger partial charge is 0.0933 e. The van der Waals surface area contributed by atoms with Crippen LogP contribution in [0.25, 0.3) is 0 Å². The Morgan fingerprint density at radius 3 is 3.08 bits per heavy atom. The Kier molecular flexibility index (Phi) is 3.55. The zero-order chi connectivity index (χ0) is 8.93. The number of hydrogen-bond donors (Lipinski definition) is 2. The van der Waals surface area contributed by atoms with Gasteiger partial charge in [-0.05, 0) is 13.0 Å². The summed E-state index contributed by atoms with van der Waals surface area (Å²) in [6.45, 7) is 5.39. The van der Waals surface area contributed by atoms with Crippen molar-refractivity contribution in [3.8, 4) is 0 Å². The lowest BCUT2D eigenvalue weighted by molar-refractivity contribution is -0.0869. The van der Waals surface area contributed by atoms with Crippen molar-refractivity contribution in [2.75, 3.05) is 39.5 Å². The zero-order valence-corrected chi connectivity index (χ0v) is 7.92. The van der Waals surface area contributed by atoms with Crippen molar-refractivity contribution in [2.24, 2.45) is 0 Å². The lowest BCUT2D eigenvalue weighted by atomic mass is 10.2. The minimum atomic E-state index is 0.259. The fourth-order valence-electron chi connectivity index (χ4n) is 1.78. The number of rotatable bonds is 3. The van der Waals surface area contributed by atoms with E-state index < -0.39 is 0 Å². The summed E-state index contributed by atoms with van der Waals surface area (Å²) in [7, 11) is 0. The molecule has 0 amide bonds. The molecule has 2 rings (SSSR count). The van der Waals surface area contributed by atoms with E-state index >= 15 is 0 Å². The highest BCUT2D eigenvalue weighted by Crippen LogP contribution is 2.01. The van der Waals surface area contributed by atoms with Gasteiger partial charge >= 0.3 is 0 Å². The summed E-state index contributed by atoms with van der Waals surface area (Å²) in [6.07, 6.45) is 1.49. The van der Waals surface area contributed by atoms with Gasteiger partial charge < -0.3 is 20.1 Å². The monoisotopic (exact) mass is 186 g/mol. The van der Waals surface area contributed by atoms with Crippen LogP contribution in [0, 0.1) is 0 Å². The molecule has 2 atom stereocenters. The average Bonchev–Trinajstić information content (AvgIpc) is 2.69. The molecule has 2 aliphatic rings. The molecule has 0 aromatic carbocycles. The highest BCUT2D eigenvalue weighted by molar-refractivity contribution is 4.78. The van der Waals surface area contributed by atoms with Gasteiger partial charge in [0.15, 0.2) is 0 Å². The van der Waals surface area contributed by atoms with Crippen LogP contribution in [0.4, 0.5) is 0 Å². The summed E-state index contributed by atoms with van der Waals surface area (Å²) in [5.41, 5.74) is 0. The van der Waals surface area contributed by atoms with E-state index in [0.29, 0.717) is 6.04 Å². The molecule has 2 unspecified atom stereocenters. The minimum absolute atomic E-state index is 0.259. The van der Waals surface area contributed by atoms with Gasteiger partial charge in [0.25, 0.3) is 0 Å². The van der Waals surface area contributed by atoms with Crippen LogP contribution in [0.2, 0.25) is 0 Å². The molecular formula is C9H18N2O2. The highest BCUT2D eigenvalue weighted by atomic mass is 16.6. The van der Waals surface area contributed by atoms with Gasteiger partial charge in [-0.3, -0.25) is 0 Å². The molecule has 0 spiro atoms. The van der Waals surface area contributed by atoms with Gasteiger partial charge in [-0.1, -0.05) is 0 Å². The van der Waals surface area contributed by atoms with Gasteiger partial charge in [-0.2, -0.15) is 0 Å². The van der Waals surface area contributed by atoms with Crippen LogP contribution < -0.4 is 10.6 Å². The van der Waals surface area contributed by atoms with Crippen molar-refractivity contribution in [3.05, 3.63) is 0 Å². The largest absolute Gasteiger partial charge is 0.376 e. The van der Waals surface area contributed by atoms with E-state index in [4.69, 9.17) is 9.47 Å². The van der Waals surface area contributed by atoms with Gasteiger partial charge in [-0.25, -0.2) is 0 Å². The Balaban J connectivity index is 1.60. The Morgan fingerprint density at radius 2 is 2.38 bits per heavy atom. The molecule has 2 saturated heterocycles. The SMILES string of the molecule is C1CC(NCC2COCCO2)CN1. The molecule has 0 aliphatic carbocycles. The Hall–Kier alpha value is -0.160. The first-order chi connectivity index (χ1) is 6.45. The van der Waals surface area contributed by atoms with E-state index in [1.807, 2.05) is 0 Å². The predicted molar refractivity (Wildman–Crippen MR) is 49.8 cm³/mol. The maximum atomic E-state index is 5.53. The topological polar surface area (TPSA) is 42.5 Å². The highest BCUT2D eigenvalue weighted by Gasteiger charge is 2.18. The lowest BCUT2D eigenvalue weighted by Crippen LogP contribution is -2.42. The second kappa shape index (κ2) is 4.91. The lowest BCUT2D eigenvalue weighted by Gasteiger charge is -2.24. The van der Waals surface area contributed by atoms with Crippen molar-refractivity contribution in [3.63, 3.8) is 0 Å². The molecule has 2 fully saturated rings. The maximum absolute atomic E-state index is 5.53. The van der Waals surface area contributed by atoms with Crippen LogP contribution in [-0.2, 0) is 9.47 Å². The first-order valence-corrected chi connectivity index (χ1v) is 5.08. The molecule has 4 nitrogen and oxygen atoms in total. The molecule has 2 aliphatic heterocycles. The van der Waals surface area contributed by atoms with Crippen LogP contribution >= 0.6 is 0 Å².